The van der Waals surface area contributed by atoms with Gasteiger partial charge in [-0.15, -0.1) is 0 Å². The summed E-state index contributed by atoms with van der Waals surface area (Å²) < 4.78 is 33.4. The number of rotatable bonds is 11. The number of phosphoric ester groups is 1. The minimum atomic E-state index is -4.72. The summed E-state index contributed by atoms with van der Waals surface area (Å²) in [6.45, 7) is 2.89. The van der Waals surface area contributed by atoms with E-state index in [1.165, 1.54) is 17.9 Å². The number of fused-ring (bicyclic) bond motifs is 1. The molecule has 1 saturated heterocycles. The fourth-order valence-electron chi connectivity index (χ4n) is 4.57. The van der Waals surface area contributed by atoms with Gasteiger partial charge in [-0.05, 0) is 45.2 Å². The molecular weight excluding hydrogens is 599 g/mol. The highest BCUT2D eigenvalue weighted by atomic mass is 35.5. The Morgan fingerprint density at radius 2 is 1.90 bits per heavy atom. The number of hydrogen-bond donors (Lipinski definition) is 4. The van der Waals surface area contributed by atoms with Crippen molar-refractivity contribution in [2.24, 2.45) is 5.41 Å². The van der Waals surface area contributed by atoms with Crippen LogP contribution in [0.3, 0.4) is 0 Å². The molecule has 2 fully saturated rings. The van der Waals surface area contributed by atoms with E-state index in [1.807, 2.05) is 0 Å². The van der Waals surface area contributed by atoms with Crippen LogP contribution < -0.4 is 5.32 Å². The maximum atomic E-state index is 12.6. The van der Waals surface area contributed by atoms with Crippen molar-refractivity contribution in [1.82, 2.24) is 24.4 Å². The summed E-state index contributed by atoms with van der Waals surface area (Å²) in [6, 6.07) is 0.234. The van der Waals surface area contributed by atoms with E-state index in [4.69, 9.17) is 25.6 Å². The van der Waals surface area contributed by atoms with Crippen LogP contribution in [-0.4, -0.2) is 103 Å². The zero-order chi connectivity index (χ0) is 30.8. The lowest BCUT2D eigenvalue weighted by Crippen LogP contribution is -2.42. The highest BCUT2D eigenvalue weighted by Crippen LogP contribution is 2.43. The lowest BCUT2D eigenvalue weighted by Gasteiger charge is -2.23. The zero-order valence-electron chi connectivity index (χ0n) is 23.7. The molecule has 4 N–H and O–H groups in total. The van der Waals surface area contributed by atoms with Gasteiger partial charge in [-0.3, -0.25) is 18.7 Å². The molecular formula is C24H36ClN6O10P. The average molecular weight is 635 g/mol. The third kappa shape index (κ3) is 7.74. The molecule has 3 heterocycles. The number of nitrogens with zero attached hydrogens (tertiary/aromatic N) is 5. The molecule has 1 aliphatic heterocycles. The van der Waals surface area contributed by atoms with Gasteiger partial charge in [0.2, 0.25) is 18.0 Å². The van der Waals surface area contributed by atoms with Crippen molar-refractivity contribution in [1.29, 1.82) is 0 Å². The van der Waals surface area contributed by atoms with Crippen molar-refractivity contribution in [3.8, 4) is 0 Å². The van der Waals surface area contributed by atoms with Gasteiger partial charge in [0, 0.05) is 19.6 Å². The molecule has 1 saturated carbocycles. The van der Waals surface area contributed by atoms with Crippen LogP contribution in [0.15, 0.2) is 6.33 Å². The number of nitrogens with one attached hydrogen (secondary N) is 1. The smallest absolute Gasteiger partial charge is 0.437 e. The van der Waals surface area contributed by atoms with Crippen molar-refractivity contribution in [3.05, 3.63) is 11.6 Å². The number of hydrogen-bond acceptors (Lipinski definition) is 13. The molecule has 18 heteroatoms. The quantitative estimate of drug-likeness (QED) is 0.120. The molecule has 0 radical (unpaired) electrons. The molecule has 2 aromatic rings. The normalized spacial score (nSPS) is 24.6. The van der Waals surface area contributed by atoms with Crippen molar-refractivity contribution < 1.29 is 47.8 Å². The van der Waals surface area contributed by atoms with Crippen molar-refractivity contribution >= 4 is 48.3 Å². The number of carbonyl (C=O) groups is 2. The molecule has 0 spiro atoms. The van der Waals surface area contributed by atoms with Crippen LogP contribution in [0.2, 0.25) is 5.28 Å². The number of likely N-dealkylation sites (N-methyl/N-ethyl adjacent to an activating group) is 1. The molecule has 4 rings (SSSR count). The predicted molar refractivity (Wildman–Crippen MR) is 147 cm³/mol. The molecule has 2 aliphatic rings. The van der Waals surface area contributed by atoms with E-state index in [0.29, 0.717) is 11.3 Å². The van der Waals surface area contributed by atoms with E-state index < -0.39 is 63.1 Å². The third-order valence-electron chi connectivity index (χ3n) is 6.95. The maximum absolute atomic E-state index is 12.6. The first-order valence-electron chi connectivity index (χ1n) is 13.4. The molecule has 1 amide bonds. The summed E-state index contributed by atoms with van der Waals surface area (Å²) >= 11 is 6.18. The van der Waals surface area contributed by atoms with Gasteiger partial charge >= 0.3 is 13.8 Å². The van der Waals surface area contributed by atoms with Gasteiger partial charge in [0.1, 0.15) is 24.9 Å². The molecule has 42 heavy (non-hydrogen) atoms. The van der Waals surface area contributed by atoms with Crippen LogP contribution in [0.4, 0.5) is 5.82 Å². The van der Waals surface area contributed by atoms with Crippen LogP contribution in [0.25, 0.3) is 11.2 Å². The Kier molecular flexibility index (Phi) is 10.1. The van der Waals surface area contributed by atoms with Crippen molar-refractivity contribution in [3.63, 3.8) is 0 Å². The first-order valence-corrected chi connectivity index (χ1v) is 15.2. The number of aromatic nitrogens is 4. The van der Waals surface area contributed by atoms with Crippen LogP contribution in [0, 0.1) is 5.41 Å². The topological polar surface area (TPSA) is 208 Å². The van der Waals surface area contributed by atoms with Gasteiger partial charge in [0.15, 0.2) is 23.2 Å². The highest BCUT2D eigenvalue weighted by Gasteiger charge is 2.45. The van der Waals surface area contributed by atoms with Gasteiger partial charge in [-0.1, -0.05) is 12.8 Å². The Balaban J connectivity index is 1.34. The fraction of sp³-hybridized carbons (Fsp3) is 0.708. The van der Waals surface area contributed by atoms with Gasteiger partial charge < -0.3 is 34.8 Å². The highest BCUT2D eigenvalue weighted by molar-refractivity contribution is 7.47. The summed E-state index contributed by atoms with van der Waals surface area (Å²) in [7, 11) is -3.36. The number of esters is 1. The number of carbonyl (C=O) groups excluding carboxylic acids is 2. The van der Waals surface area contributed by atoms with E-state index in [1.54, 1.807) is 20.8 Å². The number of ether oxygens (including phenoxy) is 2. The first-order chi connectivity index (χ1) is 19.7. The first kappa shape index (κ1) is 32.5. The second kappa shape index (κ2) is 13.1. The van der Waals surface area contributed by atoms with E-state index in [9.17, 15) is 29.3 Å². The summed E-state index contributed by atoms with van der Waals surface area (Å²) in [5.41, 5.74) is -0.131. The lowest BCUT2D eigenvalue weighted by molar-refractivity contribution is -0.160. The summed E-state index contributed by atoms with van der Waals surface area (Å²) in [5.74, 6) is -0.944. The van der Waals surface area contributed by atoms with E-state index >= 15 is 0 Å². The summed E-state index contributed by atoms with van der Waals surface area (Å²) in [5, 5.41) is 24.8. The van der Waals surface area contributed by atoms with E-state index in [2.05, 4.69) is 24.8 Å². The SMILES string of the molecule is CN(C[C@H]1O[C@@H](n2cnc3c(NC4CCCC4)nc(Cl)nc32)[C@H](O)[C@@H]1O)C(=O)COP(=O)(O)OCOC(=O)C(C)(C)C. The molecule has 1 unspecified atom stereocenters. The lowest BCUT2D eigenvalue weighted by atomic mass is 9.98. The molecule has 5 atom stereocenters. The van der Waals surface area contributed by atoms with Gasteiger partial charge in [0.25, 0.3) is 0 Å². The second-order valence-electron chi connectivity index (χ2n) is 11.3. The number of imidazole rings is 1. The number of phosphoric acid groups is 1. The Bertz CT molecular complexity index is 1330. The van der Waals surface area contributed by atoms with Crippen molar-refractivity contribution in [2.45, 2.75) is 77.0 Å². The van der Waals surface area contributed by atoms with Gasteiger partial charge in [0.05, 0.1) is 11.7 Å². The number of anilines is 1. The molecule has 0 aromatic carbocycles. The van der Waals surface area contributed by atoms with Crippen LogP contribution in [0.1, 0.15) is 52.7 Å². The minimum absolute atomic E-state index is 0.0304. The Morgan fingerprint density at radius 3 is 2.57 bits per heavy atom. The standard InChI is InChI=1S/C24H36ClN6O10P/c1-24(2,3)22(35)38-12-40-42(36,37)39-10-15(32)30(4)9-14-17(33)18(34)21(41-14)31-11-26-16-19(27-13-7-5-6-8-13)28-23(25)29-20(16)31/h11,13-14,17-18,21,33-34H,5-10,12H2,1-4H3,(H,36,37)(H,27,28,29)/t14-,17-,18-,21-/m1/s1. The Hall–Kier alpha value is -2.43. The molecule has 2 aromatic heterocycles. The predicted octanol–water partition coefficient (Wildman–Crippen LogP) is 1.59. The van der Waals surface area contributed by atoms with Gasteiger partial charge in [-0.25, -0.2) is 14.1 Å². The summed E-state index contributed by atoms with van der Waals surface area (Å²) in [6.07, 6.45) is 0.653. The van der Waals surface area contributed by atoms with E-state index in [-0.39, 0.29) is 23.5 Å². The fourth-order valence-corrected chi connectivity index (χ4v) is 5.27. The number of aliphatic hydroxyl groups is 2. The summed E-state index contributed by atoms with van der Waals surface area (Å²) in [4.78, 5) is 48.1. The maximum Gasteiger partial charge on any atom is 0.475 e. The van der Waals surface area contributed by atoms with Crippen LogP contribution in [-0.2, 0) is 32.7 Å². The number of amides is 1. The zero-order valence-corrected chi connectivity index (χ0v) is 25.3. The Morgan fingerprint density at radius 1 is 1.21 bits per heavy atom. The molecule has 0 bridgehead atoms. The average Bonchev–Trinajstić information content (AvgIpc) is 3.63. The Labute approximate surface area is 246 Å². The van der Waals surface area contributed by atoms with Crippen LogP contribution >= 0.6 is 19.4 Å². The molecule has 16 nitrogen and oxygen atoms in total. The second-order valence-corrected chi connectivity index (χ2v) is 13.1. The molecule has 234 valence electrons. The number of aliphatic hydroxyl groups excluding tert-OH is 2. The van der Waals surface area contributed by atoms with Crippen molar-refractivity contribution in [2.75, 3.05) is 32.3 Å². The monoisotopic (exact) mass is 634 g/mol. The minimum Gasteiger partial charge on any atom is -0.437 e. The molecule has 1 aliphatic carbocycles. The third-order valence-corrected chi connectivity index (χ3v) is 8.01. The van der Waals surface area contributed by atoms with Crippen LogP contribution in [0.5, 0.6) is 0 Å². The number of halogens is 1. The largest absolute Gasteiger partial charge is 0.475 e. The van der Waals surface area contributed by atoms with Gasteiger partial charge in [-0.2, -0.15) is 9.97 Å². The van der Waals surface area contributed by atoms with E-state index in [0.717, 1.165) is 30.6 Å².